The molecule has 0 spiro atoms. The molecule has 23 heavy (non-hydrogen) atoms. The first-order chi connectivity index (χ1) is 11.0. The quantitative estimate of drug-likeness (QED) is 0.345. The molecule has 0 aromatic heterocycles. The Labute approximate surface area is 150 Å². The number of carbonyl (C=O) groups excluding carboxylic acids is 1. The molecule has 0 aromatic rings. The van der Waals surface area contributed by atoms with Crippen molar-refractivity contribution in [1.29, 1.82) is 0 Å². The molecule has 0 heterocycles. The van der Waals surface area contributed by atoms with Crippen LogP contribution in [-0.4, -0.2) is 36.7 Å². The second-order valence-corrected chi connectivity index (χ2v) is 8.49. The summed E-state index contributed by atoms with van der Waals surface area (Å²) < 4.78 is 17.2. The topological polar surface area (TPSA) is 82.1 Å². The summed E-state index contributed by atoms with van der Waals surface area (Å²) in [6, 6.07) is 0. The van der Waals surface area contributed by atoms with Gasteiger partial charge in [0.1, 0.15) is 12.2 Å². The normalized spacial score (nSPS) is 9.91. The molecule has 0 atom stereocenters. The number of unbranched alkanes of at least 4 members (excludes halogenated alkanes) is 3. The molecular formula is C16H33O6Zr. The van der Waals surface area contributed by atoms with Gasteiger partial charge in [0, 0.05) is 0 Å². The zero-order valence-corrected chi connectivity index (χ0v) is 17.5. The summed E-state index contributed by atoms with van der Waals surface area (Å²) in [6.45, 7) is 10.2. The van der Waals surface area contributed by atoms with Gasteiger partial charge >= 0.3 is 117 Å². The van der Waals surface area contributed by atoms with Crippen molar-refractivity contribution >= 4 is 11.8 Å². The predicted molar refractivity (Wildman–Crippen MR) is 85.5 cm³/mol. The molecule has 0 fully saturated rings. The van der Waals surface area contributed by atoms with Crippen molar-refractivity contribution in [1.82, 2.24) is 0 Å². The summed E-state index contributed by atoms with van der Waals surface area (Å²) in [5.74, 6) is -1.37. The van der Waals surface area contributed by atoms with E-state index in [1.165, 1.54) is 26.2 Å². The summed E-state index contributed by atoms with van der Waals surface area (Å²) >= 11 is -2.40. The van der Waals surface area contributed by atoms with Gasteiger partial charge in [-0.05, 0) is 6.92 Å². The average molecular weight is 413 g/mol. The van der Waals surface area contributed by atoms with Crippen LogP contribution in [0.1, 0.15) is 72.6 Å². The van der Waals surface area contributed by atoms with Crippen molar-refractivity contribution < 1.29 is 46.2 Å². The molecule has 1 N–H and O–H groups in total. The van der Waals surface area contributed by atoms with E-state index in [1.807, 2.05) is 0 Å². The Morgan fingerprint density at radius 2 is 1.17 bits per heavy atom. The van der Waals surface area contributed by atoms with E-state index in [-0.39, 0.29) is 12.2 Å². The van der Waals surface area contributed by atoms with Crippen LogP contribution in [0.4, 0.5) is 0 Å². The molecule has 0 aliphatic heterocycles. The van der Waals surface area contributed by atoms with E-state index in [1.54, 1.807) is 0 Å². The second kappa shape index (κ2) is 19.9. The van der Waals surface area contributed by atoms with E-state index in [4.69, 9.17) is 13.5 Å². The number of rotatable bonds is 14. The van der Waals surface area contributed by atoms with Crippen molar-refractivity contribution in [2.24, 2.45) is 0 Å². The van der Waals surface area contributed by atoms with E-state index in [9.17, 15) is 9.59 Å². The summed E-state index contributed by atoms with van der Waals surface area (Å²) in [5.41, 5.74) is 0. The van der Waals surface area contributed by atoms with Crippen LogP contribution in [0.2, 0.25) is 0 Å². The van der Waals surface area contributed by atoms with Gasteiger partial charge in [0.15, 0.2) is 0 Å². The number of Topliss-reactive ketones (excluding diaryl/α,β-unsaturated/α-hetero) is 1. The Hall–Kier alpha value is -0.0969. The first kappa shape index (κ1) is 25.1. The Morgan fingerprint density at radius 3 is 1.35 bits per heavy atom. The average Bonchev–Trinajstić information content (AvgIpc) is 2.46. The molecule has 0 aliphatic carbocycles. The minimum absolute atomic E-state index is 0.312. The van der Waals surface area contributed by atoms with Crippen molar-refractivity contribution in [2.75, 3.05) is 19.8 Å². The molecule has 0 aromatic carbocycles. The predicted octanol–water partition coefficient (Wildman–Crippen LogP) is 3.85. The molecule has 0 unspecified atom stereocenters. The minimum atomic E-state index is -2.40. The molecule has 0 saturated carbocycles. The van der Waals surface area contributed by atoms with Gasteiger partial charge in [0.05, 0.1) is 0 Å². The molecule has 6 nitrogen and oxygen atoms in total. The number of aliphatic carboxylic acids is 1. The van der Waals surface area contributed by atoms with E-state index in [0.717, 1.165) is 39.1 Å². The van der Waals surface area contributed by atoms with Crippen LogP contribution < -0.4 is 0 Å². The summed E-state index contributed by atoms with van der Waals surface area (Å²) in [4.78, 5) is 19.5. The van der Waals surface area contributed by atoms with E-state index >= 15 is 0 Å². The Balaban J connectivity index is 0. The number of hydrogen-bond acceptors (Lipinski definition) is 5. The van der Waals surface area contributed by atoms with Crippen molar-refractivity contribution in [3.8, 4) is 0 Å². The fourth-order valence-electron chi connectivity index (χ4n) is 1.24. The number of carbonyl (C=O) groups is 2. The van der Waals surface area contributed by atoms with Gasteiger partial charge in [-0.2, -0.15) is 0 Å². The fourth-order valence-corrected chi connectivity index (χ4v) is 4.15. The maximum absolute atomic E-state index is 9.87. The number of carboxylic acid groups (broad SMARTS) is 1. The third-order valence-corrected chi connectivity index (χ3v) is 5.80. The van der Waals surface area contributed by atoms with Gasteiger partial charge in [-0.1, -0.05) is 0 Å². The molecule has 0 amide bonds. The standard InChI is InChI=1S/C4H6O3.3C4H9O.Zr/c1-3(5)2-4(6)7;3*1-2-3-4-5;/h2H2,1H3,(H,6,7);3*2-4H2,1H3;/q;3*-1;+3. The van der Waals surface area contributed by atoms with Crippen LogP contribution in [-0.2, 0) is 41.1 Å². The van der Waals surface area contributed by atoms with Gasteiger partial charge in [-0.15, -0.1) is 0 Å². The molecule has 0 aliphatic rings. The molecule has 0 rings (SSSR count). The summed E-state index contributed by atoms with van der Waals surface area (Å²) in [6.07, 6.45) is 6.47. The van der Waals surface area contributed by atoms with Crippen molar-refractivity contribution in [3.63, 3.8) is 0 Å². The Bertz CT molecular complexity index is 250. The van der Waals surface area contributed by atoms with Crippen LogP contribution in [0.25, 0.3) is 0 Å². The Kier molecular flexibility index (Phi) is 21.8. The van der Waals surface area contributed by atoms with Crippen molar-refractivity contribution in [3.05, 3.63) is 0 Å². The summed E-state index contributed by atoms with van der Waals surface area (Å²) in [5, 5.41) is 7.86. The van der Waals surface area contributed by atoms with Gasteiger partial charge < -0.3 is 5.11 Å². The number of hydrogen-bond donors (Lipinski definition) is 1. The number of ketones is 1. The van der Waals surface area contributed by atoms with Crippen LogP contribution in [0.15, 0.2) is 0 Å². The third kappa shape index (κ3) is 24.3. The van der Waals surface area contributed by atoms with E-state index < -0.39 is 29.0 Å². The molecule has 0 saturated heterocycles. The summed E-state index contributed by atoms with van der Waals surface area (Å²) in [7, 11) is 0. The molecule has 137 valence electrons. The van der Waals surface area contributed by atoms with Crippen LogP contribution in [0, 0.1) is 0 Å². The van der Waals surface area contributed by atoms with Gasteiger partial charge in [0.2, 0.25) is 0 Å². The number of carboxylic acids is 1. The fraction of sp³-hybridized carbons (Fsp3) is 0.875. The first-order valence-corrected chi connectivity index (χ1v) is 11.4. The van der Waals surface area contributed by atoms with E-state index in [2.05, 4.69) is 20.8 Å². The SMILES string of the molecule is CC(=O)CC(=O)O.CCCC[O][Zr]([O]CCCC)[O]CCCC. The molecular weight excluding hydrogens is 379 g/mol. The van der Waals surface area contributed by atoms with Crippen LogP contribution in [0.5, 0.6) is 0 Å². The molecule has 0 radical (unpaired) electrons. The Morgan fingerprint density at radius 1 is 0.826 bits per heavy atom. The van der Waals surface area contributed by atoms with Crippen LogP contribution >= 0.6 is 0 Å². The molecule has 0 bridgehead atoms. The molecule has 7 heteroatoms. The zero-order chi connectivity index (χ0) is 17.9. The van der Waals surface area contributed by atoms with Crippen LogP contribution in [0.3, 0.4) is 0 Å². The maximum atomic E-state index is 9.87. The van der Waals surface area contributed by atoms with Gasteiger partial charge in [0.25, 0.3) is 0 Å². The third-order valence-electron chi connectivity index (χ3n) is 2.55. The zero-order valence-electron chi connectivity index (χ0n) is 15.1. The van der Waals surface area contributed by atoms with Gasteiger partial charge in [-0.3, -0.25) is 9.59 Å². The first-order valence-electron chi connectivity index (χ1n) is 8.44. The van der Waals surface area contributed by atoms with Crippen molar-refractivity contribution in [2.45, 2.75) is 72.6 Å². The van der Waals surface area contributed by atoms with E-state index in [0.29, 0.717) is 0 Å². The second-order valence-electron chi connectivity index (χ2n) is 5.13. The van der Waals surface area contributed by atoms with Gasteiger partial charge in [-0.25, -0.2) is 0 Å². The monoisotopic (exact) mass is 411 g/mol.